The van der Waals surface area contributed by atoms with Crippen molar-refractivity contribution in [2.75, 3.05) is 20.8 Å². The molecule has 0 aliphatic rings. The molecule has 0 bridgehead atoms. The highest BCUT2D eigenvalue weighted by molar-refractivity contribution is 9.10. The number of hydrogen-bond donors (Lipinski definition) is 1. The largest absolute Gasteiger partial charge is 0.492 e. The van der Waals surface area contributed by atoms with E-state index in [0.29, 0.717) is 22.2 Å². The fraction of sp³-hybridized carbons (Fsp3) is 0.400. The fourth-order valence-electron chi connectivity index (χ4n) is 1.37. The Morgan fingerprint density at radius 1 is 1.33 bits per heavy atom. The van der Waals surface area contributed by atoms with Crippen molar-refractivity contribution in [2.45, 2.75) is 6.42 Å². The Morgan fingerprint density at radius 2 is 1.93 bits per heavy atom. The van der Waals surface area contributed by atoms with E-state index >= 15 is 0 Å². The first-order valence-corrected chi connectivity index (χ1v) is 5.14. The minimum absolute atomic E-state index is 0.0379. The lowest BCUT2D eigenvalue weighted by Gasteiger charge is -2.14. The molecule has 0 unspecified atom stereocenters. The normalized spacial score (nSPS) is 10.2. The zero-order valence-corrected chi connectivity index (χ0v) is 10.1. The van der Waals surface area contributed by atoms with Gasteiger partial charge >= 0.3 is 0 Å². The van der Waals surface area contributed by atoms with Crippen LogP contribution in [0.3, 0.4) is 0 Å². The molecule has 0 fully saturated rings. The van der Waals surface area contributed by atoms with Crippen molar-refractivity contribution in [3.63, 3.8) is 0 Å². The Labute approximate surface area is 95.9 Å². The van der Waals surface area contributed by atoms with E-state index in [1.807, 2.05) is 0 Å². The van der Waals surface area contributed by atoms with E-state index in [1.165, 1.54) is 20.3 Å². The molecule has 0 atom stereocenters. The molecule has 84 valence electrons. The zero-order chi connectivity index (χ0) is 11.4. The second-order valence-corrected chi connectivity index (χ2v) is 3.71. The number of aliphatic hydroxyl groups excluding tert-OH is 1. The molecule has 1 rings (SSSR count). The third-order valence-electron chi connectivity index (χ3n) is 2.01. The lowest BCUT2D eigenvalue weighted by Crippen LogP contribution is -2.01. The highest BCUT2D eigenvalue weighted by atomic mass is 79.9. The van der Waals surface area contributed by atoms with Gasteiger partial charge in [-0.1, -0.05) is 15.9 Å². The lowest BCUT2D eigenvalue weighted by molar-refractivity contribution is 0.292. The zero-order valence-electron chi connectivity index (χ0n) is 8.51. The third kappa shape index (κ3) is 2.41. The molecule has 15 heavy (non-hydrogen) atoms. The first-order chi connectivity index (χ1) is 7.15. The second-order valence-electron chi connectivity index (χ2n) is 2.86. The number of hydrogen-bond acceptors (Lipinski definition) is 3. The number of methoxy groups -OCH3 is 2. The highest BCUT2D eigenvalue weighted by Gasteiger charge is 2.18. The maximum absolute atomic E-state index is 13.4. The first kappa shape index (κ1) is 12.3. The molecule has 1 N–H and O–H groups in total. The fourth-order valence-corrected chi connectivity index (χ4v) is 1.95. The van der Waals surface area contributed by atoms with Gasteiger partial charge in [0, 0.05) is 23.1 Å². The van der Waals surface area contributed by atoms with Gasteiger partial charge in [-0.15, -0.1) is 0 Å². The SMILES string of the molecule is COc1c(F)cc(Br)c(CCO)c1OC. The van der Waals surface area contributed by atoms with Crippen molar-refractivity contribution in [3.05, 3.63) is 21.9 Å². The van der Waals surface area contributed by atoms with Crippen LogP contribution in [0.2, 0.25) is 0 Å². The van der Waals surface area contributed by atoms with Crippen LogP contribution in [0, 0.1) is 5.82 Å². The van der Waals surface area contributed by atoms with Crippen molar-refractivity contribution in [1.29, 1.82) is 0 Å². The van der Waals surface area contributed by atoms with E-state index in [4.69, 9.17) is 14.6 Å². The van der Waals surface area contributed by atoms with Crippen LogP contribution in [0.25, 0.3) is 0 Å². The van der Waals surface area contributed by atoms with Gasteiger partial charge in [0.15, 0.2) is 17.3 Å². The quantitative estimate of drug-likeness (QED) is 0.917. The van der Waals surface area contributed by atoms with Crippen LogP contribution in [-0.4, -0.2) is 25.9 Å². The molecular formula is C10H12BrFO3. The Kier molecular flexibility index (Phi) is 4.35. The predicted octanol–water partition coefficient (Wildman–Crippen LogP) is 2.14. The minimum Gasteiger partial charge on any atom is -0.492 e. The standard InChI is InChI=1S/C10H12BrFO3/c1-14-9-6(3-4-13)7(11)5-8(12)10(9)15-2/h5,13H,3-4H2,1-2H3. The Hall–Kier alpha value is -0.810. The van der Waals surface area contributed by atoms with Crippen molar-refractivity contribution < 1.29 is 19.0 Å². The number of aliphatic hydroxyl groups is 1. The van der Waals surface area contributed by atoms with E-state index in [0.717, 1.165) is 0 Å². The molecule has 0 spiro atoms. The number of rotatable bonds is 4. The van der Waals surface area contributed by atoms with Crippen LogP contribution in [0.5, 0.6) is 11.5 Å². The van der Waals surface area contributed by atoms with Crippen LogP contribution in [-0.2, 0) is 6.42 Å². The molecule has 0 saturated carbocycles. The lowest BCUT2D eigenvalue weighted by atomic mass is 10.1. The average Bonchev–Trinajstić information content (AvgIpc) is 2.21. The number of benzene rings is 1. The van der Waals surface area contributed by atoms with E-state index in [1.54, 1.807) is 0 Å². The molecule has 5 heteroatoms. The van der Waals surface area contributed by atoms with Gasteiger partial charge in [0.05, 0.1) is 14.2 Å². The van der Waals surface area contributed by atoms with Gasteiger partial charge in [-0.3, -0.25) is 0 Å². The highest BCUT2D eigenvalue weighted by Crippen LogP contribution is 2.38. The summed E-state index contributed by atoms with van der Waals surface area (Å²) in [6.45, 7) is -0.0379. The molecule has 0 radical (unpaired) electrons. The molecule has 1 aromatic rings. The van der Waals surface area contributed by atoms with Gasteiger partial charge in [-0.05, 0) is 6.07 Å². The van der Waals surface area contributed by atoms with Gasteiger partial charge in [-0.2, -0.15) is 0 Å². The van der Waals surface area contributed by atoms with Gasteiger partial charge in [-0.25, -0.2) is 4.39 Å². The van der Waals surface area contributed by atoms with Crippen LogP contribution in [0.4, 0.5) is 4.39 Å². The summed E-state index contributed by atoms with van der Waals surface area (Å²) in [7, 11) is 2.81. The molecule has 3 nitrogen and oxygen atoms in total. The van der Waals surface area contributed by atoms with Gasteiger partial charge in [0.1, 0.15) is 0 Å². The van der Waals surface area contributed by atoms with E-state index in [-0.39, 0.29) is 12.4 Å². The summed E-state index contributed by atoms with van der Waals surface area (Å²) in [6.07, 6.45) is 0.375. The van der Waals surface area contributed by atoms with Crippen molar-refractivity contribution >= 4 is 15.9 Å². The summed E-state index contributed by atoms with van der Waals surface area (Å²) in [5, 5.41) is 8.89. The van der Waals surface area contributed by atoms with Crippen molar-refractivity contribution in [2.24, 2.45) is 0 Å². The second kappa shape index (κ2) is 5.32. The Balaban J connectivity index is 3.35. The summed E-state index contributed by atoms with van der Waals surface area (Å²) in [5.74, 6) is -0.120. The summed E-state index contributed by atoms with van der Waals surface area (Å²) in [5.41, 5.74) is 0.693. The maximum Gasteiger partial charge on any atom is 0.197 e. The van der Waals surface area contributed by atoms with Gasteiger partial charge in [0.2, 0.25) is 0 Å². The van der Waals surface area contributed by atoms with E-state index in [9.17, 15) is 4.39 Å². The van der Waals surface area contributed by atoms with Gasteiger partial charge in [0.25, 0.3) is 0 Å². The summed E-state index contributed by atoms with van der Waals surface area (Å²) >= 11 is 3.22. The monoisotopic (exact) mass is 278 g/mol. The Morgan fingerprint density at radius 3 is 2.40 bits per heavy atom. The smallest absolute Gasteiger partial charge is 0.197 e. The van der Waals surface area contributed by atoms with E-state index in [2.05, 4.69) is 15.9 Å². The van der Waals surface area contributed by atoms with E-state index < -0.39 is 5.82 Å². The molecule has 1 aromatic carbocycles. The first-order valence-electron chi connectivity index (χ1n) is 4.35. The minimum atomic E-state index is -0.497. The molecule has 0 aliphatic heterocycles. The van der Waals surface area contributed by atoms with Crippen LogP contribution >= 0.6 is 15.9 Å². The average molecular weight is 279 g/mol. The van der Waals surface area contributed by atoms with Crippen LogP contribution < -0.4 is 9.47 Å². The summed E-state index contributed by atoms with van der Waals surface area (Å²) in [4.78, 5) is 0. The molecular weight excluding hydrogens is 267 g/mol. The van der Waals surface area contributed by atoms with Crippen LogP contribution in [0.1, 0.15) is 5.56 Å². The molecule has 0 aromatic heterocycles. The molecule has 0 aliphatic carbocycles. The third-order valence-corrected chi connectivity index (χ3v) is 2.72. The molecule has 0 saturated heterocycles. The number of ether oxygens (including phenoxy) is 2. The maximum atomic E-state index is 13.4. The van der Waals surface area contributed by atoms with Gasteiger partial charge < -0.3 is 14.6 Å². The molecule has 0 heterocycles. The topological polar surface area (TPSA) is 38.7 Å². The van der Waals surface area contributed by atoms with Crippen molar-refractivity contribution in [1.82, 2.24) is 0 Å². The Bertz CT molecular complexity index is 355. The summed E-state index contributed by atoms with van der Waals surface area (Å²) in [6, 6.07) is 1.30. The van der Waals surface area contributed by atoms with Crippen molar-refractivity contribution in [3.8, 4) is 11.5 Å². The van der Waals surface area contributed by atoms with Crippen LogP contribution in [0.15, 0.2) is 10.5 Å². The predicted molar refractivity (Wildman–Crippen MR) is 58.0 cm³/mol. The molecule has 0 amide bonds. The summed E-state index contributed by atoms with van der Waals surface area (Å²) < 4.78 is 24.0. The number of halogens is 2.